The van der Waals surface area contributed by atoms with E-state index >= 15 is 0 Å². The smallest absolute Gasteiger partial charge is 0.336 e. The first kappa shape index (κ1) is 39.9. The molecular weight excluding hydrogens is 638 g/mol. The number of nitrogens with one attached hydrogen (secondary N) is 8. The Labute approximate surface area is 283 Å². The van der Waals surface area contributed by atoms with Crippen molar-refractivity contribution in [2.75, 3.05) is 25.0 Å². The molecule has 18 heteroatoms. The second kappa shape index (κ2) is 19.6. The summed E-state index contributed by atoms with van der Waals surface area (Å²) >= 11 is 0. The van der Waals surface area contributed by atoms with E-state index in [-0.39, 0.29) is 55.0 Å². The summed E-state index contributed by atoms with van der Waals surface area (Å²) < 4.78 is 5.25. The number of aliphatic hydroxyl groups excluding tert-OH is 1. The van der Waals surface area contributed by atoms with Gasteiger partial charge in [-0.3, -0.25) is 30.0 Å². The minimum Gasteiger partial charge on any atom is -0.423 e. The number of carbonyl (C=O) groups is 4. The highest BCUT2D eigenvalue weighted by atomic mass is 16.4. The molecule has 1 heterocycles. The minimum absolute atomic E-state index is 0.0707. The van der Waals surface area contributed by atoms with Crippen LogP contribution < -0.4 is 54.7 Å². The van der Waals surface area contributed by atoms with Crippen molar-refractivity contribution < 1.29 is 28.7 Å². The predicted octanol–water partition coefficient (Wildman–Crippen LogP) is -1.61. The van der Waals surface area contributed by atoms with Crippen LogP contribution >= 0.6 is 0 Å². The van der Waals surface area contributed by atoms with E-state index in [9.17, 15) is 29.1 Å². The van der Waals surface area contributed by atoms with E-state index in [2.05, 4.69) is 31.9 Å². The molecule has 2 aromatic rings. The Morgan fingerprint density at radius 1 is 0.837 bits per heavy atom. The normalized spacial score (nSPS) is 13.4. The van der Waals surface area contributed by atoms with E-state index in [0.717, 1.165) is 0 Å². The number of nitrogens with two attached hydrogens (primary N) is 3. The summed E-state index contributed by atoms with van der Waals surface area (Å²) in [5, 5.41) is 40.9. The van der Waals surface area contributed by atoms with Gasteiger partial charge in [0.25, 0.3) is 0 Å². The number of anilines is 1. The predicted molar refractivity (Wildman–Crippen MR) is 184 cm³/mol. The van der Waals surface area contributed by atoms with Crippen LogP contribution in [0.15, 0.2) is 33.5 Å². The number of aliphatic hydroxyl groups is 1. The lowest BCUT2D eigenvalue weighted by molar-refractivity contribution is -0.134. The number of hydrogen-bond donors (Lipinski definition) is 12. The number of aryl methyl sites for hydroxylation is 1. The van der Waals surface area contributed by atoms with Gasteiger partial charge in [0.1, 0.15) is 23.7 Å². The summed E-state index contributed by atoms with van der Waals surface area (Å²) in [5.74, 6) is -3.29. The lowest BCUT2D eigenvalue weighted by Gasteiger charge is -2.25. The van der Waals surface area contributed by atoms with Gasteiger partial charge in [0.2, 0.25) is 23.6 Å². The van der Waals surface area contributed by atoms with Crippen molar-refractivity contribution in [2.24, 2.45) is 23.1 Å². The highest BCUT2D eigenvalue weighted by Crippen LogP contribution is 2.21. The molecule has 0 saturated heterocycles. The zero-order chi connectivity index (χ0) is 36.7. The summed E-state index contributed by atoms with van der Waals surface area (Å²) in [6.45, 7) is 5.15. The number of hydrogen-bond acceptors (Lipinski definition) is 10. The topological polar surface area (TPSA) is 317 Å². The van der Waals surface area contributed by atoms with Gasteiger partial charge in [-0.2, -0.15) is 0 Å². The molecule has 1 aromatic carbocycles. The molecular formula is C31H49N11O7. The molecule has 0 fully saturated rings. The summed E-state index contributed by atoms with van der Waals surface area (Å²) in [5.41, 5.74) is 17.3. The average Bonchev–Trinajstić information content (AvgIpc) is 3.01. The molecule has 0 aliphatic heterocycles. The van der Waals surface area contributed by atoms with Gasteiger partial charge in [-0.15, -0.1) is 0 Å². The van der Waals surface area contributed by atoms with E-state index < -0.39 is 60.0 Å². The van der Waals surface area contributed by atoms with Crippen LogP contribution in [-0.2, 0) is 19.2 Å². The van der Waals surface area contributed by atoms with Crippen LogP contribution in [0.1, 0.15) is 51.5 Å². The molecule has 4 amide bonds. The third-order valence-electron chi connectivity index (χ3n) is 7.33. The van der Waals surface area contributed by atoms with Crippen molar-refractivity contribution in [1.82, 2.24) is 26.6 Å². The van der Waals surface area contributed by atoms with E-state index in [1.165, 1.54) is 12.1 Å². The zero-order valence-corrected chi connectivity index (χ0v) is 28.0. The van der Waals surface area contributed by atoms with Crippen molar-refractivity contribution in [3.05, 3.63) is 40.2 Å². The Balaban J connectivity index is 2.21. The molecule has 15 N–H and O–H groups in total. The SMILES string of the molecule is Cc1cc(=O)oc2cc(NC(=O)[C@H](CCCNC(=N)N)NC(=O)[C@H](CO)NC(=O)[C@H](CCCNC(=N)N)NC(=O)[C@@H](N)CC(C)C)ccc12. The monoisotopic (exact) mass is 687 g/mol. The second-order valence-corrected chi connectivity index (χ2v) is 12.0. The van der Waals surface area contributed by atoms with Gasteiger partial charge >= 0.3 is 5.63 Å². The molecule has 0 bridgehead atoms. The molecule has 0 aliphatic rings. The third kappa shape index (κ3) is 13.8. The fraction of sp³-hybridized carbons (Fsp3) is 0.516. The Morgan fingerprint density at radius 2 is 1.37 bits per heavy atom. The average molecular weight is 688 g/mol. The summed E-state index contributed by atoms with van der Waals surface area (Å²) in [6.07, 6.45) is 1.12. The molecule has 18 nitrogen and oxygen atoms in total. The quantitative estimate of drug-likeness (QED) is 0.0343. The molecule has 4 atom stereocenters. The Hall–Kier alpha value is -5.23. The summed E-state index contributed by atoms with van der Waals surface area (Å²) in [6, 6.07) is 1.39. The molecule has 270 valence electrons. The van der Waals surface area contributed by atoms with Crippen LogP contribution in [0.2, 0.25) is 0 Å². The number of guanidine groups is 2. The first-order chi connectivity index (χ1) is 23.1. The van der Waals surface area contributed by atoms with Crippen molar-refractivity contribution in [3.8, 4) is 0 Å². The second-order valence-electron chi connectivity index (χ2n) is 12.0. The van der Waals surface area contributed by atoms with Gasteiger partial charge in [-0.25, -0.2) is 4.79 Å². The van der Waals surface area contributed by atoms with Gasteiger partial charge in [0.15, 0.2) is 11.9 Å². The molecule has 0 aliphatic carbocycles. The fourth-order valence-electron chi connectivity index (χ4n) is 4.86. The zero-order valence-electron chi connectivity index (χ0n) is 28.0. The number of carbonyl (C=O) groups excluding carboxylic acids is 4. The maximum Gasteiger partial charge on any atom is 0.336 e. The highest BCUT2D eigenvalue weighted by Gasteiger charge is 2.30. The largest absolute Gasteiger partial charge is 0.423 e. The number of fused-ring (bicyclic) bond motifs is 1. The standard InChI is InChI=1S/C31H49N11O7/c1-16(2)12-20(32)26(45)40-22(7-5-11-38-31(35)36)28(47)42-23(15-43)29(48)41-21(6-4-10-37-30(33)34)27(46)39-18-8-9-19-17(3)13-25(44)49-24(19)14-18/h8-9,13-14,16,20-23,43H,4-7,10-12,15,32H2,1-3H3,(H,39,46)(H,40,45)(H,41,48)(H,42,47)(H4,33,34,37)(H4,35,36,38)/t20-,21-,22-,23-/m0/s1. The lowest BCUT2D eigenvalue weighted by Crippen LogP contribution is -2.58. The van der Waals surface area contributed by atoms with Crippen molar-refractivity contribution in [1.29, 1.82) is 10.8 Å². The van der Waals surface area contributed by atoms with Gasteiger partial charge in [0.05, 0.1) is 12.6 Å². The highest BCUT2D eigenvalue weighted by molar-refractivity contribution is 6.00. The van der Waals surface area contributed by atoms with Gasteiger partial charge in [-0.05, 0) is 62.6 Å². The third-order valence-corrected chi connectivity index (χ3v) is 7.33. The van der Waals surface area contributed by atoms with Crippen LogP contribution in [-0.4, -0.2) is 84.5 Å². The van der Waals surface area contributed by atoms with Crippen molar-refractivity contribution in [3.63, 3.8) is 0 Å². The van der Waals surface area contributed by atoms with Gasteiger partial charge < -0.3 is 58.6 Å². The molecule has 0 unspecified atom stereocenters. The Bertz CT molecular complexity index is 1550. The van der Waals surface area contributed by atoms with Crippen molar-refractivity contribution in [2.45, 2.75) is 77.0 Å². The Kier molecular flexibility index (Phi) is 15.9. The molecule has 1 aromatic heterocycles. The Morgan fingerprint density at radius 3 is 1.92 bits per heavy atom. The first-order valence-electron chi connectivity index (χ1n) is 15.9. The summed E-state index contributed by atoms with van der Waals surface area (Å²) in [4.78, 5) is 64.7. The van der Waals surface area contributed by atoms with Crippen LogP contribution in [0.5, 0.6) is 0 Å². The van der Waals surface area contributed by atoms with Crippen LogP contribution in [0.4, 0.5) is 5.69 Å². The molecule has 2 rings (SSSR count). The van der Waals surface area contributed by atoms with Crippen LogP contribution in [0, 0.1) is 23.7 Å². The summed E-state index contributed by atoms with van der Waals surface area (Å²) in [7, 11) is 0. The number of rotatable bonds is 19. The fourth-order valence-corrected chi connectivity index (χ4v) is 4.86. The molecule has 0 spiro atoms. The van der Waals surface area contributed by atoms with E-state index in [4.69, 9.17) is 32.4 Å². The number of amides is 4. The molecule has 49 heavy (non-hydrogen) atoms. The molecule has 0 saturated carbocycles. The van der Waals surface area contributed by atoms with Crippen molar-refractivity contribution >= 4 is 52.2 Å². The van der Waals surface area contributed by atoms with E-state index in [1.807, 2.05) is 13.8 Å². The van der Waals surface area contributed by atoms with E-state index in [1.54, 1.807) is 19.1 Å². The van der Waals surface area contributed by atoms with Gasteiger partial charge in [-0.1, -0.05) is 13.8 Å². The first-order valence-corrected chi connectivity index (χ1v) is 15.9. The van der Waals surface area contributed by atoms with Crippen LogP contribution in [0.25, 0.3) is 11.0 Å². The van der Waals surface area contributed by atoms with E-state index in [0.29, 0.717) is 30.2 Å². The maximum absolute atomic E-state index is 13.4. The van der Waals surface area contributed by atoms with Gasteiger partial charge in [0, 0.05) is 36.3 Å². The lowest BCUT2D eigenvalue weighted by atomic mass is 10.0. The van der Waals surface area contributed by atoms with Crippen LogP contribution in [0.3, 0.4) is 0 Å². The number of benzene rings is 1. The maximum atomic E-state index is 13.4. The molecule has 0 radical (unpaired) electrons. The minimum atomic E-state index is -1.50.